The second-order valence-corrected chi connectivity index (χ2v) is 9.45. The molecule has 1 aromatic heterocycles. The standard InChI is InChI=1S/C24H18Br2ClN3O2/c1-14-3-5-16(6-4-14)13-32-23-20(26)9-17(10-21(23)27)12-28-30-15(2)29-22-8-7-18(25)11-19(22)24(30)31/h3-12H,13H2,1-2H3. The van der Waals surface area contributed by atoms with Gasteiger partial charge in [0.1, 0.15) is 12.4 Å². The van der Waals surface area contributed by atoms with Crippen LogP contribution in [0.25, 0.3) is 10.9 Å². The average Bonchev–Trinajstić information content (AvgIpc) is 2.75. The van der Waals surface area contributed by atoms with Crippen LogP contribution >= 0.6 is 43.5 Å². The molecule has 0 atom stereocenters. The summed E-state index contributed by atoms with van der Waals surface area (Å²) in [7, 11) is 0. The molecule has 0 fully saturated rings. The Balaban J connectivity index is 1.60. The van der Waals surface area contributed by atoms with Crippen molar-refractivity contribution in [2.24, 2.45) is 5.10 Å². The first-order chi connectivity index (χ1) is 15.3. The van der Waals surface area contributed by atoms with Crippen LogP contribution in [0.2, 0.25) is 5.02 Å². The fourth-order valence-corrected chi connectivity index (χ4v) is 4.50. The maximum absolute atomic E-state index is 12.9. The molecule has 0 unspecified atom stereocenters. The van der Waals surface area contributed by atoms with Gasteiger partial charge in [-0.2, -0.15) is 9.78 Å². The second kappa shape index (κ2) is 9.57. The van der Waals surface area contributed by atoms with Crippen LogP contribution < -0.4 is 10.3 Å². The molecule has 5 nitrogen and oxygen atoms in total. The Morgan fingerprint density at radius 1 is 1.09 bits per heavy atom. The normalized spacial score (nSPS) is 11.4. The number of hydrogen-bond acceptors (Lipinski definition) is 4. The third kappa shape index (κ3) is 4.95. The van der Waals surface area contributed by atoms with Gasteiger partial charge in [-0.15, -0.1) is 0 Å². The summed E-state index contributed by atoms with van der Waals surface area (Å²) in [6.07, 6.45) is 1.57. The summed E-state index contributed by atoms with van der Waals surface area (Å²) in [6, 6.07) is 17.1. The number of nitrogens with zero attached hydrogens (tertiary/aromatic N) is 3. The highest BCUT2D eigenvalue weighted by Crippen LogP contribution is 2.34. The van der Waals surface area contributed by atoms with Crippen molar-refractivity contribution in [2.75, 3.05) is 0 Å². The SMILES string of the molecule is Cc1ccc(COc2c(Cl)cc(C=Nn3c(C)nc4ccc(Br)cc4c3=O)cc2Br)cc1. The fourth-order valence-electron chi connectivity index (χ4n) is 3.15. The topological polar surface area (TPSA) is 56.5 Å². The van der Waals surface area contributed by atoms with Gasteiger partial charge in [-0.05, 0) is 71.2 Å². The number of fused-ring (bicyclic) bond motifs is 1. The summed E-state index contributed by atoms with van der Waals surface area (Å²) in [5.41, 5.74) is 3.34. The molecule has 0 spiro atoms. The molecule has 0 aliphatic carbocycles. The number of aromatic nitrogens is 2. The molecule has 4 rings (SSSR count). The molecule has 8 heteroatoms. The van der Waals surface area contributed by atoms with E-state index in [0.717, 1.165) is 10.0 Å². The van der Waals surface area contributed by atoms with Gasteiger partial charge in [0.05, 0.1) is 26.6 Å². The van der Waals surface area contributed by atoms with Gasteiger partial charge in [-0.25, -0.2) is 4.98 Å². The van der Waals surface area contributed by atoms with E-state index in [0.29, 0.717) is 44.1 Å². The summed E-state index contributed by atoms with van der Waals surface area (Å²) >= 11 is 13.4. The van der Waals surface area contributed by atoms with Crippen molar-refractivity contribution in [1.82, 2.24) is 9.66 Å². The zero-order chi connectivity index (χ0) is 22.8. The Labute approximate surface area is 207 Å². The Hall–Kier alpha value is -2.48. The molecule has 0 saturated carbocycles. The zero-order valence-electron chi connectivity index (χ0n) is 17.3. The lowest BCUT2D eigenvalue weighted by Gasteiger charge is -2.11. The molecule has 4 aromatic rings. The molecular formula is C24H18Br2ClN3O2. The number of hydrogen-bond donors (Lipinski definition) is 0. The lowest BCUT2D eigenvalue weighted by molar-refractivity contribution is 0.304. The largest absolute Gasteiger partial charge is 0.486 e. The minimum absolute atomic E-state index is 0.242. The zero-order valence-corrected chi connectivity index (χ0v) is 21.2. The minimum atomic E-state index is -0.242. The van der Waals surface area contributed by atoms with Crippen LogP contribution in [0.1, 0.15) is 22.5 Å². The smallest absolute Gasteiger partial charge is 0.282 e. The molecule has 3 aromatic carbocycles. The van der Waals surface area contributed by atoms with Crippen molar-refractivity contribution in [3.63, 3.8) is 0 Å². The van der Waals surface area contributed by atoms with E-state index in [2.05, 4.69) is 41.9 Å². The van der Waals surface area contributed by atoms with Crippen LogP contribution in [0.4, 0.5) is 0 Å². The van der Waals surface area contributed by atoms with Crippen LogP contribution in [0.5, 0.6) is 5.75 Å². The summed E-state index contributed by atoms with van der Waals surface area (Å²) in [4.78, 5) is 17.4. The van der Waals surface area contributed by atoms with Crippen molar-refractivity contribution in [1.29, 1.82) is 0 Å². The number of halogens is 3. The van der Waals surface area contributed by atoms with E-state index in [9.17, 15) is 4.79 Å². The van der Waals surface area contributed by atoms with Gasteiger partial charge in [0, 0.05) is 4.47 Å². The summed E-state index contributed by atoms with van der Waals surface area (Å²) in [5, 5.41) is 5.28. The third-order valence-corrected chi connectivity index (χ3v) is 6.18. The van der Waals surface area contributed by atoms with Gasteiger partial charge in [-0.3, -0.25) is 4.79 Å². The number of aryl methyl sites for hydroxylation is 2. The first kappa shape index (κ1) is 22.7. The first-order valence-electron chi connectivity index (χ1n) is 9.72. The molecule has 32 heavy (non-hydrogen) atoms. The molecule has 0 N–H and O–H groups in total. The predicted molar refractivity (Wildman–Crippen MR) is 136 cm³/mol. The number of benzene rings is 3. The summed E-state index contributed by atoms with van der Waals surface area (Å²) < 4.78 is 8.70. The molecule has 0 bridgehead atoms. The highest BCUT2D eigenvalue weighted by Gasteiger charge is 2.11. The molecule has 162 valence electrons. The predicted octanol–water partition coefficient (Wildman–Crippen LogP) is 6.65. The van der Waals surface area contributed by atoms with Crippen molar-refractivity contribution in [3.05, 3.63) is 101 Å². The summed E-state index contributed by atoms with van der Waals surface area (Å²) in [6.45, 7) is 4.19. The highest BCUT2D eigenvalue weighted by molar-refractivity contribution is 9.10. The van der Waals surface area contributed by atoms with E-state index >= 15 is 0 Å². The lowest BCUT2D eigenvalue weighted by atomic mass is 10.2. The Kier molecular flexibility index (Phi) is 6.79. The molecule has 0 saturated heterocycles. The number of rotatable bonds is 5. The van der Waals surface area contributed by atoms with E-state index in [4.69, 9.17) is 16.3 Å². The molecular weight excluding hydrogens is 558 g/mol. The lowest BCUT2D eigenvalue weighted by Crippen LogP contribution is -2.20. The minimum Gasteiger partial charge on any atom is -0.486 e. The maximum Gasteiger partial charge on any atom is 0.282 e. The Morgan fingerprint density at radius 3 is 2.56 bits per heavy atom. The second-order valence-electron chi connectivity index (χ2n) is 7.27. The van der Waals surface area contributed by atoms with Crippen LogP contribution in [0, 0.1) is 13.8 Å². The van der Waals surface area contributed by atoms with E-state index in [1.807, 2.05) is 43.3 Å². The third-order valence-electron chi connectivity index (χ3n) is 4.82. The number of ether oxygens (including phenoxy) is 1. The van der Waals surface area contributed by atoms with Crippen LogP contribution in [0.3, 0.4) is 0 Å². The Morgan fingerprint density at radius 2 is 1.84 bits per heavy atom. The monoisotopic (exact) mass is 573 g/mol. The quantitative estimate of drug-likeness (QED) is 0.250. The van der Waals surface area contributed by atoms with Gasteiger partial charge in [-0.1, -0.05) is 57.4 Å². The van der Waals surface area contributed by atoms with E-state index < -0.39 is 0 Å². The van der Waals surface area contributed by atoms with Crippen LogP contribution in [-0.2, 0) is 6.61 Å². The molecule has 1 heterocycles. The van der Waals surface area contributed by atoms with Gasteiger partial charge in [0.25, 0.3) is 5.56 Å². The van der Waals surface area contributed by atoms with E-state index in [1.165, 1.54) is 10.2 Å². The highest BCUT2D eigenvalue weighted by atomic mass is 79.9. The van der Waals surface area contributed by atoms with Crippen LogP contribution in [-0.4, -0.2) is 15.9 Å². The van der Waals surface area contributed by atoms with E-state index in [-0.39, 0.29) is 5.56 Å². The van der Waals surface area contributed by atoms with Gasteiger partial charge in [0.15, 0.2) is 5.75 Å². The maximum atomic E-state index is 12.9. The van der Waals surface area contributed by atoms with Crippen molar-refractivity contribution in [2.45, 2.75) is 20.5 Å². The van der Waals surface area contributed by atoms with Gasteiger partial charge < -0.3 is 4.74 Å². The van der Waals surface area contributed by atoms with Gasteiger partial charge in [0.2, 0.25) is 0 Å². The van der Waals surface area contributed by atoms with Crippen molar-refractivity contribution < 1.29 is 4.74 Å². The van der Waals surface area contributed by atoms with Crippen molar-refractivity contribution >= 4 is 60.6 Å². The average molecular weight is 576 g/mol. The van der Waals surface area contributed by atoms with E-state index in [1.54, 1.807) is 31.3 Å². The first-order valence-corrected chi connectivity index (χ1v) is 11.7. The molecule has 0 amide bonds. The molecule has 0 aliphatic heterocycles. The van der Waals surface area contributed by atoms with Crippen molar-refractivity contribution in [3.8, 4) is 5.75 Å². The molecule has 0 aliphatic rings. The Bertz CT molecular complexity index is 1380. The fraction of sp³-hybridized carbons (Fsp3) is 0.125. The molecule has 0 radical (unpaired) electrons. The summed E-state index contributed by atoms with van der Waals surface area (Å²) in [5.74, 6) is 1.04. The van der Waals surface area contributed by atoms with Crippen LogP contribution in [0.15, 0.2) is 73.4 Å². The van der Waals surface area contributed by atoms with Gasteiger partial charge >= 0.3 is 0 Å².